The van der Waals surface area contributed by atoms with Crippen molar-refractivity contribution in [2.45, 2.75) is 32.7 Å². The summed E-state index contributed by atoms with van der Waals surface area (Å²) in [7, 11) is 0. The third-order valence-corrected chi connectivity index (χ3v) is 4.04. The smallest absolute Gasteiger partial charge is 0.225 e. The summed E-state index contributed by atoms with van der Waals surface area (Å²) >= 11 is 0. The Balaban J connectivity index is 1.77. The number of anilines is 2. The SMILES string of the molecule is CCCCCNc1cc(-c2ccccc2)nc(NCc2ccccn2)n1. The highest BCUT2D eigenvalue weighted by Gasteiger charge is 2.07. The highest BCUT2D eigenvalue weighted by atomic mass is 15.1. The molecule has 26 heavy (non-hydrogen) atoms. The van der Waals surface area contributed by atoms with Gasteiger partial charge < -0.3 is 10.6 Å². The molecule has 3 aromatic rings. The van der Waals surface area contributed by atoms with Crippen LogP contribution in [0, 0.1) is 0 Å². The van der Waals surface area contributed by atoms with Crippen molar-refractivity contribution in [3.63, 3.8) is 0 Å². The van der Waals surface area contributed by atoms with Crippen molar-refractivity contribution < 1.29 is 0 Å². The normalized spacial score (nSPS) is 10.5. The molecule has 0 aliphatic rings. The quantitative estimate of drug-likeness (QED) is 0.547. The fourth-order valence-corrected chi connectivity index (χ4v) is 2.64. The van der Waals surface area contributed by atoms with E-state index in [0.29, 0.717) is 12.5 Å². The van der Waals surface area contributed by atoms with Crippen LogP contribution >= 0.6 is 0 Å². The van der Waals surface area contributed by atoms with E-state index in [1.54, 1.807) is 6.20 Å². The second kappa shape index (κ2) is 9.51. The van der Waals surface area contributed by atoms with Gasteiger partial charge in [0.2, 0.25) is 5.95 Å². The molecule has 0 amide bonds. The summed E-state index contributed by atoms with van der Waals surface area (Å²) in [5.74, 6) is 1.45. The van der Waals surface area contributed by atoms with Crippen LogP contribution in [-0.4, -0.2) is 21.5 Å². The molecule has 0 aliphatic carbocycles. The first-order valence-electron chi connectivity index (χ1n) is 9.17. The molecule has 0 fully saturated rings. The van der Waals surface area contributed by atoms with Crippen LogP contribution in [0.3, 0.4) is 0 Å². The maximum atomic E-state index is 4.67. The van der Waals surface area contributed by atoms with Crippen LogP contribution in [0.1, 0.15) is 31.9 Å². The van der Waals surface area contributed by atoms with Gasteiger partial charge in [-0.25, -0.2) is 4.98 Å². The Labute approximate surface area is 154 Å². The number of hydrogen-bond acceptors (Lipinski definition) is 5. The molecule has 1 aromatic carbocycles. The summed E-state index contributed by atoms with van der Waals surface area (Å²) in [4.78, 5) is 13.6. The first-order chi connectivity index (χ1) is 12.8. The molecule has 2 heterocycles. The summed E-state index contributed by atoms with van der Waals surface area (Å²) in [6.45, 7) is 3.71. The molecule has 5 heteroatoms. The molecular formula is C21H25N5. The van der Waals surface area contributed by atoms with Gasteiger partial charge in [0.15, 0.2) is 0 Å². The molecular weight excluding hydrogens is 322 g/mol. The Morgan fingerprint density at radius 3 is 2.50 bits per heavy atom. The van der Waals surface area contributed by atoms with E-state index in [-0.39, 0.29) is 0 Å². The molecule has 2 aromatic heterocycles. The summed E-state index contributed by atoms with van der Waals surface area (Å²) in [5, 5.41) is 6.71. The Kier molecular flexibility index (Phi) is 6.53. The lowest BCUT2D eigenvalue weighted by molar-refractivity contribution is 0.742. The van der Waals surface area contributed by atoms with E-state index in [9.17, 15) is 0 Å². The van der Waals surface area contributed by atoms with Gasteiger partial charge in [-0.15, -0.1) is 0 Å². The molecule has 5 nitrogen and oxygen atoms in total. The third-order valence-electron chi connectivity index (χ3n) is 4.04. The summed E-state index contributed by atoms with van der Waals surface area (Å²) < 4.78 is 0. The molecule has 0 aliphatic heterocycles. The van der Waals surface area contributed by atoms with Crippen LogP contribution in [0.2, 0.25) is 0 Å². The van der Waals surface area contributed by atoms with E-state index in [4.69, 9.17) is 0 Å². The highest BCUT2D eigenvalue weighted by molar-refractivity contribution is 5.64. The summed E-state index contributed by atoms with van der Waals surface area (Å²) in [6, 6.07) is 18.1. The number of nitrogens with zero attached hydrogens (tertiary/aromatic N) is 3. The van der Waals surface area contributed by atoms with Gasteiger partial charge in [-0.05, 0) is 18.6 Å². The second-order valence-corrected chi connectivity index (χ2v) is 6.14. The average molecular weight is 347 g/mol. The second-order valence-electron chi connectivity index (χ2n) is 6.14. The molecule has 0 saturated heterocycles. The van der Waals surface area contributed by atoms with Crippen molar-refractivity contribution in [2.75, 3.05) is 17.2 Å². The number of nitrogens with one attached hydrogen (secondary N) is 2. The highest BCUT2D eigenvalue weighted by Crippen LogP contribution is 2.21. The standard InChI is InChI=1S/C21H25N5/c1-2-3-8-14-23-20-15-19(17-10-5-4-6-11-17)25-21(26-20)24-16-18-12-7-9-13-22-18/h4-7,9-13,15H,2-3,8,14,16H2,1H3,(H2,23,24,25,26). The molecule has 0 bridgehead atoms. The molecule has 2 N–H and O–H groups in total. The van der Waals surface area contributed by atoms with Crippen LogP contribution in [0.4, 0.5) is 11.8 Å². The van der Waals surface area contributed by atoms with Crippen molar-refractivity contribution in [1.29, 1.82) is 0 Å². The van der Waals surface area contributed by atoms with E-state index in [0.717, 1.165) is 35.7 Å². The van der Waals surface area contributed by atoms with Crippen molar-refractivity contribution in [3.8, 4) is 11.3 Å². The van der Waals surface area contributed by atoms with E-state index in [1.165, 1.54) is 12.8 Å². The maximum absolute atomic E-state index is 4.67. The molecule has 3 rings (SSSR count). The van der Waals surface area contributed by atoms with Gasteiger partial charge in [0.1, 0.15) is 5.82 Å². The third kappa shape index (κ3) is 5.28. The Morgan fingerprint density at radius 1 is 0.885 bits per heavy atom. The minimum Gasteiger partial charge on any atom is -0.370 e. The predicted molar refractivity (Wildman–Crippen MR) is 107 cm³/mol. The van der Waals surface area contributed by atoms with E-state index < -0.39 is 0 Å². The maximum Gasteiger partial charge on any atom is 0.225 e. The van der Waals surface area contributed by atoms with Crippen LogP contribution in [0.5, 0.6) is 0 Å². The fourth-order valence-electron chi connectivity index (χ4n) is 2.64. The van der Waals surface area contributed by atoms with Gasteiger partial charge in [-0.2, -0.15) is 4.98 Å². The zero-order chi connectivity index (χ0) is 18.0. The van der Waals surface area contributed by atoms with Crippen molar-refractivity contribution in [3.05, 3.63) is 66.5 Å². The molecule has 0 radical (unpaired) electrons. The molecule has 0 saturated carbocycles. The Hall–Kier alpha value is -2.95. The van der Waals surface area contributed by atoms with Crippen LogP contribution < -0.4 is 10.6 Å². The van der Waals surface area contributed by atoms with E-state index in [1.807, 2.05) is 42.5 Å². The Morgan fingerprint density at radius 2 is 1.73 bits per heavy atom. The van der Waals surface area contributed by atoms with Crippen molar-refractivity contribution >= 4 is 11.8 Å². The zero-order valence-corrected chi connectivity index (χ0v) is 15.2. The number of aromatic nitrogens is 3. The summed E-state index contributed by atoms with van der Waals surface area (Å²) in [6.07, 6.45) is 5.35. The lowest BCUT2D eigenvalue weighted by Crippen LogP contribution is -2.09. The van der Waals surface area contributed by atoms with Gasteiger partial charge in [-0.1, -0.05) is 56.2 Å². The lowest BCUT2D eigenvalue weighted by atomic mass is 10.1. The minimum atomic E-state index is 0.592. The van der Waals surface area contributed by atoms with Crippen LogP contribution in [0.15, 0.2) is 60.8 Å². The lowest BCUT2D eigenvalue weighted by Gasteiger charge is -2.11. The van der Waals surface area contributed by atoms with Crippen molar-refractivity contribution in [2.24, 2.45) is 0 Å². The monoisotopic (exact) mass is 347 g/mol. The number of pyridine rings is 1. The first kappa shape index (κ1) is 17.9. The number of rotatable bonds is 9. The van der Waals surface area contributed by atoms with Gasteiger partial charge in [-0.3, -0.25) is 4.98 Å². The predicted octanol–water partition coefficient (Wildman–Crippen LogP) is 4.75. The number of benzene rings is 1. The summed E-state index contributed by atoms with van der Waals surface area (Å²) in [5.41, 5.74) is 2.94. The molecule has 0 spiro atoms. The van der Waals surface area contributed by atoms with Gasteiger partial charge in [0, 0.05) is 24.4 Å². The number of hydrogen-bond donors (Lipinski definition) is 2. The Bertz CT molecular complexity index is 790. The average Bonchev–Trinajstić information content (AvgIpc) is 2.71. The molecule has 134 valence electrons. The molecule has 0 unspecified atom stereocenters. The minimum absolute atomic E-state index is 0.592. The van der Waals surface area contributed by atoms with Crippen LogP contribution in [0.25, 0.3) is 11.3 Å². The fraction of sp³-hybridized carbons (Fsp3) is 0.286. The largest absolute Gasteiger partial charge is 0.370 e. The van der Waals surface area contributed by atoms with Gasteiger partial charge >= 0.3 is 0 Å². The van der Waals surface area contributed by atoms with Gasteiger partial charge in [0.05, 0.1) is 17.9 Å². The van der Waals surface area contributed by atoms with Crippen LogP contribution in [-0.2, 0) is 6.54 Å². The zero-order valence-electron chi connectivity index (χ0n) is 15.2. The van der Waals surface area contributed by atoms with Crippen molar-refractivity contribution in [1.82, 2.24) is 15.0 Å². The topological polar surface area (TPSA) is 62.7 Å². The molecule has 0 atom stereocenters. The van der Waals surface area contributed by atoms with E-state index in [2.05, 4.69) is 44.6 Å². The van der Waals surface area contributed by atoms with Gasteiger partial charge in [0.25, 0.3) is 0 Å². The number of unbranched alkanes of at least 4 members (excludes halogenated alkanes) is 2. The van der Waals surface area contributed by atoms with E-state index >= 15 is 0 Å². The first-order valence-corrected chi connectivity index (χ1v) is 9.17.